The standard InChI is InChI=1S/C18H23N5O2S/c1-3-16(24)19-7-6-17(25)20-13-4-5-14-15(12-13)26-18(21-14)23-10-8-22(2)9-11-23/h3-5,12H,1,6-11H2,2H3,(H,19,24)(H,20,25). The Morgan fingerprint density at radius 2 is 2.08 bits per heavy atom. The zero-order chi connectivity index (χ0) is 18.5. The van der Waals surface area contributed by atoms with E-state index < -0.39 is 0 Å². The quantitative estimate of drug-likeness (QED) is 0.754. The van der Waals surface area contributed by atoms with Crippen LogP contribution >= 0.6 is 11.3 Å². The summed E-state index contributed by atoms with van der Waals surface area (Å²) in [7, 11) is 2.13. The lowest BCUT2D eigenvalue weighted by molar-refractivity contribution is -0.117. The number of carbonyl (C=O) groups excluding carboxylic acids is 2. The highest BCUT2D eigenvalue weighted by Gasteiger charge is 2.17. The van der Waals surface area contributed by atoms with Crippen molar-refractivity contribution >= 4 is 44.2 Å². The highest BCUT2D eigenvalue weighted by atomic mass is 32.1. The lowest BCUT2D eigenvalue weighted by Crippen LogP contribution is -2.44. The van der Waals surface area contributed by atoms with Crippen LogP contribution in [-0.2, 0) is 9.59 Å². The van der Waals surface area contributed by atoms with E-state index in [-0.39, 0.29) is 24.8 Å². The lowest BCUT2D eigenvalue weighted by atomic mass is 10.3. The van der Waals surface area contributed by atoms with Gasteiger partial charge in [0.2, 0.25) is 11.8 Å². The molecule has 2 amide bonds. The summed E-state index contributed by atoms with van der Waals surface area (Å²) in [6.45, 7) is 7.70. The van der Waals surface area contributed by atoms with Gasteiger partial charge in [-0.1, -0.05) is 17.9 Å². The molecule has 0 radical (unpaired) electrons. The van der Waals surface area contributed by atoms with Gasteiger partial charge in [0.25, 0.3) is 0 Å². The van der Waals surface area contributed by atoms with E-state index >= 15 is 0 Å². The number of thiazole rings is 1. The predicted molar refractivity (Wildman–Crippen MR) is 106 cm³/mol. The Morgan fingerprint density at radius 1 is 1.31 bits per heavy atom. The van der Waals surface area contributed by atoms with E-state index in [1.807, 2.05) is 18.2 Å². The minimum absolute atomic E-state index is 0.141. The van der Waals surface area contributed by atoms with Gasteiger partial charge in [0, 0.05) is 44.8 Å². The van der Waals surface area contributed by atoms with Crippen LogP contribution in [0.2, 0.25) is 0 Å². The number of fused-ring (bicyclic) bond motifs is 1. The highest BCUT2D eigenvalue weighted by Crippen LogP contribution is 2.31. The summed E-state index contributed by atoms with van der Waals surface area (Å²) in [4.78, 5) is 32.4. The van der Waals surface area contributed by atoms with Crippen molar-refractivity contribution in [3.8, 4) is 0 Å². The molecule has 1 aliphatic rings. The van der Waals surface area contributed by atoms with E-state index in [9.17, 15) is 9.59 Å². The number of hydrogen-bond donors (Lipinski definition) is 2. The fraction of sp³-hybridized carbons (Fsp3) is 0.389. The van der Waals surface area contributed by atoms with E-state index in [0.29, 0.717) is 0 Å². The number of hydrogen-bond acceptors (Lipinski definition) is 6. The maximum absolute atomic E-state index is 12.0. The van der Waals surface area contributed by atoms with E-state index in [4.69, 9.17) is 4.98 Å². The normalized spacial score (nSPS) is 15.0. The van der Waals surface area contributed by atoms with Gasteiger partial charge in [0.1, 0.15) is 0 Å². The summed E-state index contributed by atoms with van der Waals surface area (Å²) in [5.74, 6) is -0.419. The minimum Gasteiger partial charge on any atom is -0.352 e. The third-order valence-corrected chi connectivity index (χ3v) is 5.35. The van der Waals surface area contributed by atoms with Crippen molar-refractivity contribution in [2.45, 2.75) is 6.42 Å². The number of piperazine rings is 1. The molecule has 2 aromatic rings. The van der Waals surface area contributed by atoms with Crippen LogP contribution in [0.3, 0.4) is 0 Å². The van der Waals surface area contributed by atoms with Crippen molar-refractivity contribution in [2.24, 2.45) is 0 Å². The van der Waals surface area contributed by atoms with Gasteiger partial charge in [-0.3, -0.25) is 9.59 Å². The monoisotopic (exact) mass is 373 g/mol. The summed E-state index contributed by atoms with van der Waals surface area (Å²) < 4.78 is 1.05. The fourth-order valence-electron chi connectivity index (χ4n) is 2.72. The Balaban J connectivity index is 1.61. The fourth-order valence-corrected chi connectivity index (χ4v) is 3.77. The molecule has 7 nitrogen and oxygen atoms in total. The smallest absolute Gasteiger partial charge is 0.243 e. The molecule has 0 atom stereocenters. The van der Waals surface area contributed by atoms with Crippen LogP contribution in [0, 0.1) is 0 Å². The number of likely N-dealkylation sites (N-methyl/N-ethyl adjacent to an activating group) is 1. The van der Waals surface area contributed by atoms with Gasteiger partial charge in [0.05, 0.1) is 10.2 Å². The maximum atomic E-state index is 12.0. The molecule has 2 N–H and O–H groups in total. The van der Waals surface area contributed by atoms with Crippen LogP contribution in [0.5, 0.6) is 0 Å². The first-order chi connectivity index (χ1) is 12.5. The molecule has 138 valence electrons. The molecule has 0 spiro atoms. The second kappa shape index (κ2) is 8.29. The molecule has 1 aromatic heterocycles. The Labute approximate surface area is 156 Å². The topological polar surface area (TPSA) is 77.6 Å². The highest BCUT2D eigenvalue weighted by molar-refractivity contribution is 7.22. The van der Waals surface area contributed by atoms with E-state index in [2.05, 4.69) is 34.1 Å². The predicted octanol–water partition coefficient (Wildman–Crippen LogP) is 1.68. The van der Waals surface area contributed by atoms with Crippen LogP contribution < -0.4 is 15.5 Å². The number of benzene rings is 1. The van der Waals surface area contributed by atoms with Crippen molar-refractivity contribution in [1.82, 2.24) is 15.2 Å². The molecule has 2 heterocycles. The second-order valence-corrected chi connectivity index (χ2v) is 7.27. The molecule has 1 saturated heterocycles. The first-order valence-corrected chi connectivity index (χ1v) is 9.41. The Kier molecular flexibility index (Phi) is 5.85. The molecule has 1 aliphatic heterocycles. The van der Waals surface area contributed by atoms with Gasteiger partial charge >= 0.3 is 0 Å². The zero-order valence-electron chi connectivity index (χ0n) is 14.8. The summed E-state index contributed by atoms with van der Waals surface area (Å²) in [6, 6.07) is 5.74. The number of rotatable bonds is 6. The number of anilines is 2. The molecule has 0 aliphatic carbocycles. The van der Waals surface area contributed by atoms with Crippen LogP contribution in [0.1, 0.15) is 6.42 Å². The average Bonchev–Trinajstić information content (AvgIpc) is 3.05. The Bertz CT molecular complexity index is 811. The molecule has 0 unspecified atom stereocenters. The van der Waals surface area contributed by atoms with Crippen LogP contribution in [0.25, 0.3) is 10.2 Å². The summed E-state index contributed by atoms with van der Waals surface area (Å²) in [6.07, 6.45) is 1.40. The average molecular weight is 373 g/mol. The van der Waals surface area contributed by atoms with E-state index in [0.717, 1.165) is 47.2 Å². The van der Waals surface area contributed by atoms with Crippen molar-refractivity contribution in [3.05, 3.63) is 30.9 Å². The number of carbonyl (C=O) groups is 2. The summed E-state index contributed by atoms with van der Waals surface area (Å²) in [5, 5.41) is 6.48. The van der Waals surface area contributed by atoms with Gasteiger partial charge in [-0.2, -0.15) is 0 Å². The van der Waals surface area contributed by atoms with Gasteiger partial charge < -0.3 is 20.4 Å². The van der Waals surface area contributed by atoms with Gasteiger partial charge in [-0.15, -0.1) is 0 Å². The van der Waals surface area contributed by atoms with Crippen LogP contribution in [-0.4, -0.2) is 61.5 Å². The number of aromatic nitrogens is 1. The SMILES string of the molecule is C=CC(=O)NCCC(=O)Nc1ccc2nc(N3CCN(C)CC3)sc2c1. The van der Waals surface area contributed by atoms with Gasteiger partial charge in [-0.25, -0.2) is 4.98 Å². The molecular formula is C18H23N5O2S. The van der Waals surface area contributed by atoms with Crippen molar-refractivity contribution < 1.29 is 9.59 Å². The van der Waals surface area contributed by atoms with Crippen LogP contribution in [0.4, 0.5) is 10.8 Å². The largest absolute Gasteiger partial charge is 0.352 e. The van der Waals surface area contributed by atoms with Crippen molar-refractivity contribution in [3.63, 3.8) is 0 Å². The summed E-state index contributed by atoms with van der Waals surface area (Å²) >= 11 is 1.65. The maximum Gasteiger partial charge on any atom is 0.243 e. The van der Waals surface area contributed by atoms with Gasteiger partial charge in [0.15, 0.2) is 5.13 Å². The minimum atomic E-state index is -0.277. The molecule has 8 heteroatoms. The van der Waals surface area contributed by atoms with Gasteiger partial charge in [-0.05, 0) is 31.3 Å². The first kappa shape index (κ1) is 18.3. The molecular weight excluding hydrogens is 350 g/mol. The summed E-state index contributed by atoms with van der Waals surface area (Å²) in [5.41, 5.74) is 1.69. The van der Waals surface area contributed by atoms with Crippen molar-refractivity contribution in [1.29, 1.82) is 0 Å². The van der Waals surface area contributed by atoms with Crippen molar-refractivity contribution in [2.75, 3.05) is 50.0 Å². The molecule has 0 saturated carbocycles. The zero-order valence-corrected chi connectivity index (χ0v) is 15.6. The molecule has 0 bridgehead atoms. The Morgan fingerprint density at radius 3 is 2.81 bits per heavy atom. The van der Waals surface area contributed by atoms with Crippen LogP contribution in [0.15, 0.2) is 30.9 Å². The van der Waals surface area contributed by atoms with E-state index in [1.54, 1.807) is 11.3 Å². The number of amides is 2. The lowest BCUT2D eigenvalue weighted by Gasteiger charge is -2.31. The number of nitrogens with one attached hydrogen (secondary N) is 2. The molecule has 3 rings (SSSR count). The third kappa shape index (κ3) is 4.59. The molecule has 1 aromatic carbocycles. The molecule has 26 heavy (non-hydrogen) atoms. The number of nitrogens with zero attached hydrogens (tertiary/aromatic N) is 3. The Hall–Kier alpha value is -2.45. The first-order valence-electron chi connectivity index (χ1n) is 8.59. The molecule has 1 fully saturated rings. The third-order valence-electron chi connectivity index (χ3n) is 4.27. The second-order valence-electron chi connectivity index (χ2n) is 6.26. The van der Waals surface area contributed by atoms with E-state index in [1.165, 1.54) is 6.08 Å².